The van der Waals surface area contributed by atoms with E-state index in [0.29, 0.717) is 11.8 Å². The predicted octanol–water partition coefficient (Wildman–Crippen LogP) is 17.8. The zero-order chi connectivity index (χ0) is 46.6. The first-order valence-electron chi connectivity index (χ1n) is 25.3. The van der Waals surface area contributed by atoms with E-state index in [1.807, 2.05) is 0 Å². The van der Waals surface area contributed by atoms with E-state index in [9.17, 15) is 0 Å². The second kappa shape index (κ2) is 15.8. The summed E-state index contributed by atoms with van der Waals surface area (Å²) in [7, 11) is 0. The summed E-state index contributed by atoms with van der Waals surface area (Å²) >= 11 is 0. The summed E-state index contributed by atoms with van der Waals surface area (Å²) in [6.07, 6.45) is 4.66. The first kappa shape index (κ1) is 41.1. The van der Waals surface area contributed by atoms with Crippen molar-refractivity contribution in [3.8, 4) is 33.4 Å². The molecule has 1 saturated carbocycles. The molecule has 0 bridgehead atoms. The molecular weight excluding hydrogens is 845 g/mol. The van der Waals surface area contributed by atoms with E-state index in [2.05, 4.69) is 254 Å². The van der Waals surface area contributed by atoms with Gasteiger partial charge in [-0.25, -0.2) is 0 Å². The predicted molar refractivity (Wildman–Crippen MR) is 293 cm³/mol. The lowest BCUT2D eigenvalue weighted by molar-refractivity contribution is 0.350. The van der Waals surface area contributed by atoms with E-state index in [0.717, 1.165) is 12.8 Å². The molecule has 3 atom stereocenters. The molecule has 4 aliphatic carbocycles. The minimum absolute atomic E-state index is 0.141. The quantitative estimate of drug-likeness (QED) is 0.150. The second-order valence-corrected chi connectivity index (χ2v) is 20.8. The van der Waals surface area contributed by atoms with Gasteiger partial charge in [0.25, 0.3) is 0 Å². The molecule has 0 amide bonds. The maximum atomic E-state index is 2.64. The highest BCUT2D eigenvalue weighted by Gasteiger charge is 2.62. The van der Waals surface area contributed by atoms with Gasteiger partial charge in [0.2, 0.25) is 0 Å². The lowest BCUT2D eigenvalue weighted by Gasteiger charge is -2.40. The molecule has 3 unspecified atom stereocenters. The molecule has 70 heavy (non-hydrogen) atoms. The molecule has 10 aromatic carbocycles. The summed E-state index contributed by atoms with van der Waals surface area (Å²) in [6.45, 7) is 4.81. The van der Waals surface area contributed by atoms with E-state index in [4.69, 9.17) is 0 Å². The third kappa shape index (κ3) is 6.05. The van der Waals surface area contributed by atoms with Crippen molar-refractivity contribution in [1.82, 2.24) is 0 Å². The number of fused-ring (bicyclic) bond motifs is 6. The van der Waals surface area contributed by atoms with Gasteiger partial charge >= 0.3 is 0 Å². The molecule has 0 N–H and O–H groups in total. The van der Waals surface area contributed by atoms with Crippen molar-refractivity contribution in [1.29, 1.82) is 0 Å². The van der Waals surface area contributed by atoms with Crippen molar-refractivity contribution in [2.24, 2.45) is 11.8 Å². The first-order chi connectivity index (χ1) is 34.5. The van der Waals surface area contributed by atoms with Gasteiger partial charge in [-0.05, 0) is 188 Å². The van der Waals surface area contributed by atoms with Crippen LogP contribution in [0.5, 0.6) is 0 Å². The Morgan fingerprint density at radius 3 is 1.40 bits per heavy atom. The average molecular weight is 899 g/mol. The Hall–Kier alpha value is -7.94. The second-order valence-electron chi connectivity index (χ2n) is 20.8. The molecule has 2 heteroatoms. The Labute approximate surface area is 412 Å². The van der Waals surface area contributed by atoms with Gasteiger partial charge in [-0.15, -0.1) is 0 Å². The Morgan fingerprint density at radius 1 is 0.357 bits per heavy atom. The SMILES string of the molecule is CC1(C)c2ccccc2-c2ccc(N(c3ccc(-c4cc5ccccc5cc4-c4ccccc4)cc3)c3cccc4c3C35c6c(cccc6N(c6ccccc6)c6ccccc6)CC3CCC5C4)cc21. The highest BCUT2D eigenvalue weighted by atomic mass is 15.2. The van der Waals surface area contributed by atoms with Gasteiger partial charge in [0.15, 0.2) is 0 Å². The molecule has 10 aromatic rings. The van der Waals surface area contributed by atoms with Crippen molar-refractivity contribution >= 4 is 44.9 Å². The van der Waals surface area contributed by atoms with Crippen LogP contribution in [0.15, 0.2) is 231 Å². The molecule has 1 fully saturated rings. The van der Waals surface area contributed by atoms with Crippen molar-refractivity contribution in [3.63, 3.8) is 0 Å². The smallest absolute Gasteiger partial charge is 0.0505 e. The molecule has 0 heterocycles. The van der Waals surface area contributed by atoms with Crippen LogP contribution in [0, 0.1) is 11.8 Å². The normalized spacial score (nSPS) is 18.7. The molecular formula is C68H54N2. The number of para-hydroxylation sites is 2. The van der Waals surface area contributed by atoms with Gasteiger partial charge in [-0.2, -0.15) is 0 Å². The molecule has 0 aliphatic heterocycles. The summed E-state index contributed by atoms with van der Waals surface area (Å²) < 4.78 is 0. The molecule has 0 aromatic heterocycles. The van der Waals surface area contributed by atoms with Crippen molar-refractivity contribution in [2.45, 2.75) is 50.4 Å². The van der Waals surface area contributed by atoms with Crippen LogP contribution in [0.2, 0.25) is 0 Å². The number of benzene rings is 10. The molecule has 4 aliphatic rings. The highest BCUT2D eigenvalue weighted by molar-refractivity contribution is 5.97. The van der Waals surface area contributed by atoms with Crippen LogP contribution in [0.3, 0.4) is 0 Å². The number of rotatable bonds is 8. The van der Waals surface area contributed by atoms with Crippen molar-refractivity contribution in [2.75, 3.05) is 9.80 Å². The van der Waals surface area contributed by atoms with Gasteiger partial charge in [0.1, 0.15) is 0 Å². The number of hydrogen-bond donors (Lipinski definition) is 0. The molecule has 0 saturated heterocycles. The Bertz CT molecular complexity index is 3600. The molecule has 0 radical (unpaired) electrons. The minimum atomic E-state index is -0.153. The first-order valence-corrected chi connectivity index (χ1v) is 25.3. The van der Waals surface area contributed by atoms with E-state index in [1.54, 1.807) is 0 Å². The fourth-order valence-electron chi connectivity index (χ4n) is 14.0. The topological polar surface area (TPSA) is 6.48 Å². The van der Waals surface area contributed by atoms with E-state index in [1.165, 1.54) is 124 Å². The van der Waals surface area contributed by atoms with Gasteiger partial charge in [0, 0.05) is 33.6 Å². The molecule has 2 nitrogen and oxygen atoms in total. The van der Waals surface area contributed by atoms with Gasteiger partial charge in [-0.1, -0.05) is 172 Å². The standard InChI is InChI=1S/C68H54N2/c1-67(2)61-29-15-14-28-57(61)58-39-38-56(44-62(58)67)70(55-36-32-46(33-37-55)60-43-48-21-13-12-20-47(48)42-59(60)45-18-6-3-7-19-45)64-31-17-23-50-41-52-35-34-51-40-49-22-16-30-63(65(49)68(51,52)66(50)64)69(53-24-8-4-9-25-53)54-26-10-5-11-27-54/h3-33,36-39,42-44,51-52H,34-35,40-41H2,1-2H3. The maximum absolute atomic E-state index is 2.64. The van der Waals surface area contributed by atoms with Crippen molar-refractivity contribution < 1.29 is 0 Å². The highest BCUT2D eigenvalue weighted by Crippen LogP contribution is 2.69. The van der Waals surface area contributed by atoms with Crippen LogP contribution >= 0.6 is 0 Å². The third-order valence-corrected chi connectivity index (χ3v) is 16.9. The van der Waals surface area contributed by atoms with Crippen molar-refractivity contribution in [3.05, 3.63) is 264 Å². The lowest BCUT2D eigenvalue weighted by atomic mass is 9.68. The number of nitrogens with zero attached hydrogens (tertiary/aromatic N) is 2. The third-order valence-electron chi connectivity index (χ3n) is 16.9. The zero-order valence-corrected chi connectivity index (χ0v) is 39.8. The fourth-order valence-corrected chi connectivity index (χ4v) is 14.0. The van der Waals surface area contributed by atoms with Gasteiger partial charge < -0.3 is 9.80 Å². The average Bonchev–Trinajstić information content (AvgIpc) is 4.11. The summed E-state index contributed by atoms with van der Waals surface area (Å²) in [5, 5.41) is 2.50. The Morgan fingerprint density at radius 2 is 0.814 bits per heavy atom. The van der Waals surface area contributed by atoms with Crippen LogP contribution in [0.4, 0.5) is 34.1 Å². The summed E-state index contributed by atoms with van der Waals surface area (Å²) in [4.78, 5) is 5.18. The maximum Gasteiger partial charge on any atom is 0.0505 e. The molecule has 336 valence electrons. The lowest BCUT2D eigenvalue weighted by Crippen LogP contribution is -2.34. The summed E-state index contributed by atoms with van der Waals surface area (Å²) in [5.74, 6) is 1.01. The van der Waals surface area contributed by atoms with Crippen LogP contribution in [0.25, 0.3) is 44.2 Å². The summed E-state index contributed by atoms with van der Waals surface area (Å²) in [6, 6.07) is 86.8. The Kier molecular flexibility index (Phi) is 9.27. The minimum Gasteiger partial charge on any atom is -0.310 e. The largest absolute Gasteiger partial charge is 0.310 e. The zero-order valence-electron chi connectivity index (χ0n) is 39.8. The van der Waals surface area contributed by atoms with Gasteiger partial charge in [-0.3, -0.25) is 0 Å². The van der Waals surface area contributed by atoms with Crippen LogP contribution in [0.1, 0.15) is 60.1 Å². The monoisotopic (exact) mass is 898 g/mol. The van der Waals surface area contributed by atoms with E-state index < -0.39 is 0 Å². The van der Waals surface area contributed by atoms with E-state index in [-0.39, 0.29) is 10.8 Å². The molecule has 1 spiro atoms. The molecule has 14 rings (SSSR count). The van der Waals surface area contributed by atoms with Crippen LogP contribution < -0.4 is 9.80 Å². The summed E-state index contributed by atoms with van der Waals surface area (Å²) in [5.41, 5.74) is 23.5. The Balaban J connectivity index is 0.990. The van der Waals surface area contributed by atoms with E-state index >= 15 is 0 Å². The van der Waals surface area contributed by atoms with Crippen LogP contribution in [-0.4, -0.2) is 0 Å². The number of hydrogen-bond acceptors (Lipinski definition) is 2. The van der Waals surface area contributed by atoms with Gasteiger partial charge in [0.05, 0.1) is 11.4 Å². The fraction of sp³-hybridized carbons (Fsp3) is 0.147. The van der Waals surface area contributed by atoms with Crippen LogP contribution in [-0.2, 0) is 23.7 Å². The number of anilines is 6.